The highest BCUT2D eigenvalue weighted by molar-refractivity contribution is 6.34. The number of hydrogen-bond acceptors (Lipinski definition) is 4. The third-order valence-electron chi connectivity index (χ3n) is 2.40. The first kappa shape index (κ1) is 15.1. The molecule has 1 aromatic carbocycles. The van der Waals surface area contributed by atoms with E-state index in [2.05, 4.69) is 6.58 Å². The Kier molecular flexibility index (Phi) is 5.47. The molecule has 102 valence electrons. The number of aliphatic hydroxyl groups excluding tert-OH is 1. The summed E-state index contributed by atoms with van der Waals surface area (Å²) in [6, 6.07) is 3.64. The maximum Gasteiger partial charge on any atom is 0.270 e. The Labute approximate surface area is 115 Å². The first-order valence-corrected chi connectivity index (χ1v) is 5.84. The largest absolute Gasteiger partial charge is 0.395 e. The number of rotatable bonds is 6. The average Bonchev–Trinajstić information content (AvgIpc) is 2.37. The molecule has 6 nitrogen and oxygen atoms in total. The lowest BCUT2D eigenvalue weighted by atomic mass is 10.1. The van der Waals surface area contributed by atoms with E-state index in [4.69, 9.17) is 16.7 Å². The maximum atomic E-state index is 12.1. The molecule has 0 aromatic heterocycles. The minimum absolute atomic E-state index is 0.00574. The topological polar surface area (TPSA) is 83.7 Å². The lowest BCUT2D eigenvalue weighted by Crippen LogP contribution is -2.33. The standard InChI is InChI=1S/C12H13ClN2O4/c1-2-5-14(6-7-16)12(17)10-4-3-9(15(18)19)8-11(10)13/h2-4,8,16H,1,5-7H2. The third-order valence-corrected chi connectivity index (χ3v) is 2.71. The number of non-ortho nitro benzene ring substituents is 1. The molecule has 0 aliphatic carbocycles. The molecule has 0 spiro atoms. The fraction of sp³-hybridized carbons (Fsp3) is 0.250. The second kappa shape index (κ2) is 6.86. The number of nitro groups is 1. The summed E-state index contributed by atoms with van der Waals surface area (Å²) in [6.07, 6.45) is 1.52. The highest BCUT2D eigenvalue weighted by atomic mass is 35.5. The van der Waals surface area contributed by atoms with E-state index in [0.717, 1.165) is 6.07 Å². The van der Waals surface area contributed by atoms with Crippen LogP contribution in [0.25, 0.3) is 0 Å². The maximum absolute atomic E-state index is 12.1. The van der Waals surface area contributed by atoms with Gasteiger partial charge in [-0.05, 0) is 6.07 Å². The number of carbonyl (C=O) groups excluding carboxylic acids is 1. The van der Waals surface area contributed by atoms with E-state index in [1.807, 2.05) is 0 Å². The zero-order chi connectivity index (χ0) is 14.4. The quantitative estimate of drug-likeness (QED) is 0.491. The minimum Gasteiger partial charge on any atom is -0.395 e. The molecule has 0 saturated carbocycles. The molecule has 0 aliphatic heterocycles. The molecule has 1 N–H and O–H groups in total. The molecule has 0 saturated heterocycles. The van der Waals surface area contributed by atoms with E-state index in [1.54, 1.807) is 0 Å². The summed E-state index contributed by atoms with van der Waals surface area (Å²) in [5, 5.41) is 19.5. The molecule has 1 aromatic rings. The number of amides is 1. The second-order valence-corrected chi connectivity index (χ2v) is 4.09. The van der Waals surface area contributed by atoms with Crippen LogP contribution in [-0.4, -0.2) is 40.5 Å². The van der Waals surface area contributed by atoms with Crippen molar-refractivity contribution in [2.45, 2.75) is 0 Å². The van der Waals surface area contributed by atoms with Crippen LogP contribution in [0, 0.1) is 10.1 Å². The van der Waals surface area contributed by atoms with Gasteiger partial charge in [0.2, 0.25) is 0 Å². The van der Waals surface area contributed by atoms with Crippen molar-refractivity contribution in [3.05, 3.63) is 51.6 Å². The number of nitrogens with zero attached hydrogens (tertiary/aromatic N) is 2. The summed E-state index contributed by atoms with van der Waals surface area (Å²) in [6.45, 7) is 3.72. The van der Waals surface area contributed by atoms with Crippen molar-refractivity contribution < 1.29 is 14.8 Å². The molecule has 1 amide bonds. The SMILES string of the molecule is C=CCN(CCO)C(=O)c1ccc([N+](=O)[O-])cc1Cl. The Morgan fingerprint density at radius 3 is 2.74 bits per heavy atom. The van der Waals surface area contributed by atoms with E-state index in [9.17, 15) is 14.9 Å². The molecule has 0 bridgehead atoms. The molecule has 0 atom stereocenters. The van der Waals surface area contributed by atoms with Gasteiger partial charge in [-0.25, -0.2) is 0 Å². The monoisotopic (exact) mass is 284 g/mol. The highest BCUT2D eigenvalue weighted by Gasteiger charge is 2.19. The van der Waals surface area contributed by atoms with Crippen LogP contribution in [0.3, 0.4) is 0 Å². The number of aliphatic hydroxyl groups is 1. The van der Waals surface area contributed by atoms with Gasteiger partial charge in [0, 0.05) is 25.2 Å². The van der Waals surface area contributed by atoms with E-state index < -0.39 is 10.8 Å². The van der Waals surface area contributed by atoms with Gasteiger partial charge >= 0.3 is 0 Å². The van der Waals surface area contributed by atoms with Crippen LogP contribution in [0.5, 0.6) is 0 Å². The molecule has 0 radical (unpaired) electrons. The van der Waals surface area contributed by atoms with Gasteiger partial charge in [0.05, 0.1) is 22.1 Å². The number of carbonyl (C=O) groups is 1. The normalized spacial score (nSPS) is 10.0. The van der Waals surface area contributed by atoms with E-state index in [0.29, 0.717) is 0 Å². The highest BCUT2D eigenvalue weighted by Crippen LogP contribution is 2.23. The molecule has 0 aliphatic rings. The Morgan fingerprint density at radius 2 is 2.26 bits per heavy atom. The van der Waals surface area contributed by atoms with Gasteiger partial charge in [-0.15, -0.1) is 6.58 Å². The number of nitro benzene ring substituents is 1. The van der Waals surface area contributed by atoms with Crippen molar-refractivity contribution in [3.8, 4) is 0 Å². The van der Waals surface area contributed by atoms with Gasteiger partial charge in [0.25, 0.3) is 11.6 Å². The summed E-state index contributed by atoms with van der Waals surface area (Å²) < 4.78 is 0. The Balaban J connectivity index is 3.04. The van der Waals surface area contributed by atoms with Gasteiger partial charge in [-0.3, -0.25) is 14.9 Å². The summed E-state index contributed by atoms with van der Waals surface area (Å²) in [5.41, 5.74) is -0.0263. The molecule has 0 fully saturated rings. The molecule has 0 unspecified atom stereocenters. The van der Waals surface area contributed by atoms with Crippen LogP contribution in [0.2, 0.25) is 5.02 Å². The lowest BCUT2D eigenvalue weighted by Gasteiger charge is -2.20. The molecular weight excluding hydrogens is 272 g/mol. The van der Waals surface area contributed by atoms with Crippen molar-refractivity contribution in [2.24, 2.45) is 0 Å². The number of hydrogen-bond donors (Lipinski definition) is 1. The van der Waals surface area contributed by atoms with Crippen LogP contribution in [0.4, 0.5) is 5.69 Å². The summed E-state index contributed by atoms with van der Waals surface area (Å²) in [4.78, 5) is 23.5. The van der Waals surface area contributed by atoms with Crippen molar-refractivity contribution in [3.63, 3.8) is 0 Å². The third kappa shape index (κ3) is 3.77. The van der Waals surface area contributed by atoms with Gasteiger partial charge in [-0.2, -0.15) is 0 Å². The molecule has 19 heavy (non-hydrogen) atoms. The fourth-order valence-electron chi connectivity index (χ4n) is 1.51. The van der Waals surface area contributed by atoms with Crippen molar-refractivity contribution in [1.29, 1.82) is 0 Å². The molecule has 0 heterocycles. The van der Waals surface area contributed by atoms with Crippen molar-refractivity contribution >= 4 is 23.2 Å². The summed E-state index contributed by atoms with van der Waals surface area (Å²) in [5.74, 6) is -0.408. The van der Waals surface area contributed by atoms with Gasteiger partial charge < -0.3 is 10.0 Å². The Morgan fingerprint density at radius 1 is 1.58 bits per heavy atom. The van der Waals surface area contributed by atoms with Gasteiger partial charge in [0.15, 0.2) is 0 Å². The van der Waals surface area contributed by atoms with Gasteiger partial charge in [0.1, 0.15) is 0 Å². The van der Waals surface area contributed by atoms with E-state index in [1.165, 1.54) is 23.1 Å². The van der Waals surface area contributed by atoms with Crippen LogP contribution < -0.4 is 0 Å². The van der Waals surface area contributed by atoms with Crippen LogP contribution in [0.1, 0.15) is 10.4 Å². The first-order valence-electron chi connectivity index (χ1n) is 5.46. The second-order valence-electron chi connectivity index (χ2n) is 3.68. The van der Waals surface area contributed by atoms with Crippen LogP contribution in [0.15, 0.2) is 30.9 Å². The molecule has 7 heteroatoms. The predicted octanol–water partition coefficient (Wildman–Crippen LogP) is 1.87. The average molecular weight is 285 g/mol. The molecule has 1 rings (SSSR count). The van der Waals surface area contributed by atoms with Gasteiger partial charge in [-0.1, -0.05) is 17.7 Å². The molecular formula is C12H13ClN2O4. The number of halogens is 1. The predicted molar refractivity (Wildman–Crippen MR) is 71.3 cm³/mol. The minimum atomic E-state index is -0.588. The number of benzene rings is 1. The van der Waals surface area contributed by atoms with E-state index >= 15 is 0 Å². The van der Waals surface area contributed by atoms with Crippen LogP contribution >= 0.6 is 11.6 Å². The summed E-state index contributed by atoms with van der Waals surface area (Å²) >= 11 is 5.87. The van der Waals surface area contributed by atoms with E-state index in [-0.39, 0.29) is 36.0 Å². The lowest BCUT2D eigenvalue weighted by molar-refractivity contribution is -0.384. The summed E-state index contributed by atoms with van der Waals surface area (Å²) in [7, 11) is 0. The van der Waals surface area contributed by atoms with Crippen molar-refractivity contribution in [2.75, 3.05) is 19.7 Å². The van der Waals surface area contributed by atoms with Crippen molar-refractivity contribution in [1.82, 2.24) is 4.90 Å². The fourth-order valence-corrected chi connectivity index (χ4v) is 1.77. The smallest absolute Gasteiger partial charge is 0.270 e. The van der Waals surface area contributed by atoms with Crippen LogP contribution in [-0.2, 0) is 0 Å². The Hall–Kier alpha value is -1.92. The zero-order valence-electron chi connectivity index (χ0n) is 10.1. The zero-order valence-corrected chi connectivity index (χ0v) is 10.8. The Bertz CT molecular complexity index is 505. The first-order chi connectivity index (χ1) is 9.01.